The van der Waals surface area contributed by atoms with E-state index >= 15 is 0 Å². The lowest BCUT2D eigenvalue weighted by Gasteiger charge is -2.28. The molecule has 0 fully saturated rings. The van der Waals surface area contributed by atoms with Gasteiger partial charge in [0.1, 0.15) is 6.17 Å². The molecule has 0 saturated heterocycles. The van der Waals surface area contributed by atoms with Crippen LogP contribution in [0.4, 0.5) is 4.39 Å². The standard InChI is InChI=1S/C27H57FO3Si/c1-5-9-10-11-12-13-14-15-16-18-21-24-27(28)25-22-19-17-20-23-26-32(29-6-2,30-7-3)31-8-4/h27H,5-26H2,1-4H3. The van der Waals surface area contributed by atoms with Crippen molar-refractivity contribution in [1.29, 1.82) is 0 Å². The lowest BCUT2D eigenvalue weighted by Crippen LogP contribution is -2.45. The molecule has 0 saturated carbocycles. The van der Waals surface area contributed by atoms with Gasteiger partial charge in [0.2, 0.25) is 0 Å². The van der Waals surface area contributed by atoms with Crippen molar-refractivity contribution < 1.29 is 17.7 Å². The molecule has 3 nitrogen and oxygen atoms in total. The molecule has 0 aliphatic rings. The van der Waals surface area contributed by atoms with Crippen molar-refractivity contribution >= 4 is 8.80 Å². The Bertz CT molecular complexity index is 354. The van der Waals surface area contributed by atoms with Crippen LogP contribution in [-0.4, -0.2) is 34.8 Å². The number of rotatable bonds is 26. The third-order valence-electron chi connectivity index (χ3n) is 6.21. The number of alkyl halides is 1. The van der Waals surface area contributed by atoms with E-state index in [1.807, 2.05) is 20.8 Å². The summed E-state index contributed by atoms with van der Waals surface area (Å²) in [5.74, 6) is 0. The Labute approximate surface area is 201 Å². The Morgan fingerprint density at radius 3 is 1.22 bits per heavy atom. The van der Waals surface area contributed by atoms with Crippen molar-refractivity contribution in [3.8, 4) is 0 Å². The molecule has 0 spiro atoms. The number of hydrogen-bond acceptors (Lipinski definition) is 3. The Balaban J connectivity index is 3.54. The molecule has 0 radical (unpaired) electrons. The second-order valence-corrected chi connectivity index (χ2v) is 11.9. The first-order valence-corrected chi connectivity index (χ1v) is 16.1. The zero-order valence-corrected chi connectivity index (χ0v) is 23.2. The lowest BCUT2D eigenvalue weighted by atomic mass is 10.0. The maximum atomic E-state index is 14.1. The molecule has 0 heterocycles. The number of unbranched alkanes of at least 4 members (excludes halogenated alkanes) is 14. The predicted octanol–water partition coefficient (Wildman–Crippen LogP) is 9.41. The molecule has 0 amide bonds. The molecule has 0 aromatic carbocycles. The average Bonchev–Trinajstić information content (AvgIpc) is 2.77. The van der Waals surface area contributed by atoms with Crippen molar-refractivity contribution in [1.82, 2.24) is 0 Å². The SMILES string of the molecule is CCCCCCCCCCCCCC(F)CCCCCCC[Si](OCC)(OCC)OCC. The first-order valence-electron chi connectivity index (χ1n) is 14.2. The summed E-state index contributed by atoms with van der Waals surface area (Å²) in [7, 11) is -2.48. The summed E-state index contributed by atoms with van der Waals surface area (Å²) in [6, 6.07) is 0.896. The molecule has 1 atom stereocenters. The van der Waals surface area contributed by atoms with Gasteiger partial charge in [-0.2, -0.15) is 0 Å². The van der Waals surface area contributed by atoms with E-state index in [4.69, 9.17) is 13.3 Å². The van der Waals surface area contributed by atoms with Crippen molar-refractivity contribution in [3.63, 3.8) is 0 Å². The fourth-order valence-corrected chi connectivity index (χ4v) is 7.10. The fourth-order valence-electron chi connectivity index (χ4n) is 4.41. The quantitative estimate of drug-likeness (QED) is 0.0919. The van der Waals surface area contributed by atoms with Gasteiger partial charge in [0.15, 0.2) is 0 Å². The molecule has 32 heavy (non-hydrogen) atoms. The van der Waals surface area contributed by atoms with E-state index in [1.165, 1.54) is 70.6 Å². The van der Waals surface area contributed by atoms with Gasteiger partial charge in [-0.1, -0.05) is 103 Å². The predicted molar refractivity (Wildman–Crippen MR) is 139 cm³/mol. The van der Waals surface area contributed by atoms with Gasteiger partial charge in [-0.15, -0.1) is 0 Å². The van der Waals surface area contributed by atoms with Crippen molar-refractivity contribution in [2.45, 2.75) is 155 Å². The van der Waals surface area contributed by atoms with Gasteiger partial charge in [0.05, 0.1) is 0 Å². The monoisotopic (exact) mass is 476 g/mol. The molecule has 1 unspecified atom stereocenters. The highest BCUT2D eigenvalue weighted by Crippen LogP contribution is 2.21. The van der Waals surface area contributed by atoms with Gasteiger partial charge < -0.3 is 13.3 Å². The summed E-state index contributed by atoms with van der Waals surface area (Å²) in [5, 5.41) is 0. The Morgan fingerprint density at radius 1 is 0.500 bits per heavy atom. The van der Waals surface area contributed by atoms with Crippen LogP contribution in [0.1, 0.15) is 143 Å². The van der Waals surface area contributed by atoms with Crippen LogP contribution < -0.4 is 0 Å². The highest BCUT2D eigenvalue weighted by molar-refractivity contribution is 6.60. The average molecular weight is 477 g/mol. The largest absolute Gasteiger partial charge is 0.500 e. The minimum Gasteiger partial charge on any atom is -0.374 e. The van der Waals surface area contributed by atoms with Gasteiger partial charge in [-0.3, -0.25) is 0 Å². The van der Waals surface area contributed by atoms with E-state index in [0.29, 0.717) is 19.8 Å². The zero-order chi connectivity index (χ0) is 23.8. The van der Waals surface area contributed by atoms with E-state index in [9.17, 15) is 4.39 Å². The van der Waals surface area contributed by atoms with Crippen LogP contribution in [-0.2, 0) is 13.3 Å². The molecule has 0 aliphatic heterocycles. The Kier molecular flexibility index (Phi) is 24.2. The zero-order valence-electron chi connectivity index (χ0n) is 22.2. The van der Waals surface area contributed by atoms with Crippen LogP contribution in [0.15, 0.2) is 0 Å². The highest BCUT2D eigenvalue weighted by Gasteiger charge is 2.39. The van der Waals surface area contributed by atoms with Gasteiger partial charge >= 0.3 is 8.80 Å². The molecule has 0 aliphatic carbocycles. The van der Waals surface area contributed by atoms with Crippen LogP contribution in [0.5, 0.6) is 0 Å². The summed E-state index contributed by atoms with van der Waals surface area (Å²) in [4.78, 5) is 0. The third-order valence-corrected chi connectivity index (χ3v) is 9.37. The third kappa shape index (κ3) is 19.5. The molecule has 0 aromatic heterocycles. The van der Waals surface area contributed by atoms with Gasteiger partial charge in [0, 0.05) is 25.9 Å². The molecule has 0 rings (SSSR count). The second-order valence-electron chi connectivity index (χ2n) is 9.21. The van der Waals surface area contributed by atoms with Crippen molar-refractivity contribution in [2.75, 3.05) is 19.8 Å². The van der Waals surface area contributed by atoms with E-state index in [1.54, 1.807) is 0 Å². The van der Waals surface area contributed by atoms with E-state index in [0.717, 1.165) is 51.0 Å². The maximum absolute atomic E-state index is 14.1. The summed E-state index contributed by atoms with van der Waals surface area (Å²) in [6.45, 7) is 10.2. The molecule has 194 valence electrons. The fraction of sp³-hybridized carbons (Fsp3) is 1.00. The minimum atomic E-state index is -2.48. The maximum Gasteiger partial charge on any atom is 0.500 e. The molecule has 0 bridgehead atoms. The van der Waals surface area contributed by atoms with Crippen LogP contribution in [0.3, 0.4) is 0 Å². The molecule has 0 aromatic rings. The molecule has 5 heteroatoms. The van der Waals surface area contributed by atoms with Crippen LogP contribution in [0, 0.1) is 0 Å². The highest BCUT2D eigenvalue weighted by atomic mass is 28.4. The topological polar surface area (TPSA) is 27.7 Å². The summed E-state index contributed by atoms with van der Waals surface area (Å²) >= 11 is 0. The minimum absolute atomic E-state index is 0.595. The smallest absolute Gasteiger partial charge is 0.374 e. The Morgan fingerprint density at radius 2 is 0.844 bits per heavy atom. The second kappa shape index (κ2) is 24.2. The molecular formula is C27H57FO3Si. The van der Waals surface area contributed by atoms with Crippen LogP contribution in [0.25, 0.3) is 0 Å². The van der Waals surface area contributed by atoms with Crippen LogP contribution in [0.2, 0.25) is 6.04 Å². The number of hydrogen-bond donors (Lipinski definition) is 0. The van der Waals surface area contributed by atoms with Gasteiger partial charge in [0.25, 0.3) is 0 Å². The number of halogens is 1. The van der Waals surface area contributed by atoms with E-state index in [-0.39, 0.29) is 0 Å². The van der Waals surface area contributed by atoms with Gasteiger partial charge in [-0.05, 0) is 40.0 Å². The van der Waals surface area contributed by atoms with E-state index in [2.05, 4.69) is 6.92 Å². The first kappa shape index (κ1) is 32.0. The van der Waals surface area contributed by atoms with Gasteiger partial charge in [-0.25, -0.2) is 4.39 Å². The Hall–Kier alpha value is 0.0269. The molecular weight excluding hydrogens is 419 g/mol. The van der Waals surface area contributed by atoms with Crippen molar-refractivity contribution in [3.05, 3.63) is 0 Å². The summed E-state index contributed by atoms with van der Waals surface area (Å²) in [6.07, 6.45) is 21.1. The first-order chi connectivity index (χ1) is 15.6. The lowest BCUT2D eigenvalue weighted by molar-refractivity contribution is 0.0706. The van der Waals surface area contributed by atoms with Crippen molar-refractivity contribution in [2.24, 2.45) is 0 Å². The van der Waals surface area contributed by atoms with Crippen LogP contribution >= 0.6 is 0 Å². The molecule has 0 N–H and O–H groups in total. The summed E-state index contributed by atoms with van der Waals surface area (Å²) < 4.78 is 31.8. The van der Waals surface area contributed by atoms with E-state index < -0.39 is 15.0 Å². The summed E-state index contributed by atoms with van der Waals surface area (Å²) in [5.41, 5.74) is 0. The normalized spacial score (nSPS) is 13.0.